The van der Waals surface area contributed by atoms with E-state index in [1.165, 1.54) is 4.20 Å². The van der Waals surface area contributed by atoms with Crippen molar-refractivity contribution in [1.29, 1.82) is 0 Å². The third-order valence-electron chi connectivity index (χ3n) is 5.21. The van der Waals surface area contributed by atoms with Gasteiger partial charge in [-0.2, -0.15) is 9.30 Å². The van der Waals surface area contributed by atoms with Gasteiger partial charge in [0, 0.05) is 35.5 Å². The lowest BCUT2D eigenvalue weighted by atomic mass is 9.98. The lowest BCUT2D eigenvalue weighted by Gasteiger charge is -2.21. The Bertz CT molecular complexity index is 1120. The summed E-state index contributed by atoms with van der Waals surface area (Å²) in [5.41, 5.74) is 3.70. The number of nitrogens with zero attached hydrogens (tertiary/aromatic N) is 3. The predicted molar refractivity (Wildman–Crippen MR) is 113 cm³/mol. The van der Waals surface area contributed by atoms with Gasteiger partial charge in [0.05, 0.1) is 6.20 Å². The van der Waals surface area contributed by atoms with Gasteiger partial charge in [-0.25, -0.2) is 0 Å². The van der Waals surface area contributed by atoms with E-state index in [1.54, 1.807) is 6.20 Å². The van der Waals surface area contributed by atoms with Crippen LogP contribution in [0, 0.1) is 0 Å². The molecule has 29 heavy (non-hydrogen) atoms. The highest BCUT2D eigenvalue weighted by Gasteiger charge is 2.25. The zero-order chi connectivity index (χ0) is 19.6. The lowest BCUT2D eigenvalue weighted by molar-refractivity contribution is 0.0130. The van der Waals surface area contributed by atoms with Gasteiger partial charge in [0.1, 0.15) is 28.8 Å². The molecule has 0 radical (unpaired) electrons. The van der Waals surface area contributed by atoms with Crippen LogP contribution in [0.1, 0.15) is 31.1 Å². The first-order valence-corrected chi connectivity index (χ1v) is 10.1. The number of fused-ring (bicyclic) bond motifs is 1. The van der Waals surface area contributed by atoms with Crippen LogP contribution in [0.25, 0.3) is 22.0 Å². The van der Waals surface area contributed by atoms with Crippen LogP contribution in [0.15, 0.2) is 67.0 Å². The molecule has 0 aliphatic carbocycles. The van der Waals surface area contributed by atoms with E-state index in [-0.39, 0.29) is 6.10 Å². The zero-order valence-corrected chi connectivity index (χ0v) is 16.5. The molecule has 0 N–H and O–H groups in total. The molecule has 146 valence electrons. The average Bonchev–Trinajstić information content (AvgIpc) is 3.13. The molecule has 0 amide bonds. The van der Waals surface area contributed by atoms with Crippen LogP contribution in [0.5, 0.6) is 11.5 Å². The van der Waals surface area contributed by atoms with Gasteiger partial charge < -0.3 is 9.47 Å². The van der Waals surface area contributed by atoms with Crippen molar-refractivity contribution in [2.24, 2.45) is 0 Å². The Morgan fingerprint density at radius 3 is 2.52 bits per heavy atom. The van der Waals surface area contributed by atoms with Crippen molar-refractivity contribution in [3.8, 4) is 22.6 Å². The molecule has 0 spiro atoms. The summed E-state index contributed by atoms with van der Waals surface area (Å²) in [6, 6.07) is 17.7. The minimum atomic E-state index is -0.0342. The number of ether oxygens (including phenoxy) is 2. The summed E-state index contributed by atoms with van der Waals surface area (Å²) in [6.45, 7) is 0.757. The standard InChI is InChI=1S/C23H20ClN3O2/c24-27-20-15-25-14-19(22(20)23(26-27)21-8-4-5-13-28-21)16-9-11-18(12-10-16)29-17-6-2-1-3-7-17/h1-3,6-7,9-12,14-15,21H,4-5,8,13H2. The molecular formula is C23H20ClN3O2. The summed E-state index contributed by atoms with van der Waals surface area (Å²) < 4.78 is 13.3. The Morgan fingerprint density at radius 1 is 0.966 bits per heavy atom. The Hall–Kier alpha value is -2.89. The third-order valence-corrected chi connectivity index (χ3v) is 5.46. The molecule has 1 fully saturated rings. The summed E-state index contributed by atoms with van der Waals surface area (Å²) >= 11 is 6.36. The van der Waals surface area contributed by atoms with Crippen LogP contribution in [0.3, 0.4) is 0 Å². The molecular weight excluding hydrogens is 386 g/mol. The maximum absolute atomic E-state index is 6.36. The first-order valence-electron chi connectivity index (χ1n) is 9.77. The van der Waals surface area contributed by atoms with Crippen molar-refractivity contribution in [3.05, 3.63) is 72.7 Å². The average molecular weight is 406 g/mol. The van der Waals surface area contributed by atoms with Crippen LogP contribution in [-0.2, 0) is 4.74 Å². The monoisotopic (exact) mass is 405 g/mol. The fourth-order valence-electron chi connectivity index (χ4n) is 3.78. The van der Waals surface area contributed by atoms with Gasteiger partial charge >= 0.3 is 0 Å². The van der Waals surface area contributed by atoms with E-state index in [0.717, 1.165) is 65.1 Å². The Kier molecular flexibility index (Phi) is 4.92. The van der Waals surface area contributed by atoms with Crippen LogP contribution < -0.4 is 4.74 Å². The summed E-state index contributed by atoms with van der Waals surface area (Å²) in [6.07, 6.45) is 6.75. The number of pyridine rings is 1. The normalized spacial score (nSPS) is 16.8. The molecule has 1 unspecified atom stereocenters. The van der Waals surface area contributed by atoms with Crippen LogP contribution >= 0.6 is 11.8 Å². The molecule has 1 saturated heterocycles. The minimum Gasteiger partial charge on any atom is -0.457 e. The number of hydrogen-bond donors (Lipinski definition) is 0. The molecule has 1 atom stereocenters. The lowest BCUT2D eigenvalue weighted by Crippen LogP contribution is -2.12. The summed E-state index contributed by atoms with van der Waals surface area (Å²) in [4.78, 5) is 4.38. The Morgan fingerprint density at radius 2 is 1.76 bits per heavy atom. The number of hydrogen-bond acceptors (Lipinski definition) is 4. The van der Waals surface area contributed by atoms with Gasteiger partial charge in [0.2, 0.25) is 0 Å². The fourth-order valence-corrected chi connectivity index (χ4v) is 3.99. The van der Waals surface area contributed by atoms with Crippen molar-refractivity contribution in [2.75, 3.05) is 6.61 Å². The van der Waals surface area contributed by atoms with E-state index in [2.05, 4.69) is 10.1 Å². The van der Waals surface area contributed by atoms with Crippen LogP contribution in [0.4, 0.5) is 0 Å². The van der Waals surface area contributed by atoms with E-state index in [0.29, 0.717) is 0 Å². The zero-order valence-electron chi connectivity index (χ0n) is 15.8. The van der Waals surface area contributed by atoms with Crippen molar-refractivity contribution in [1.82, 2.24) is 14.3 Å². The van der Waals surface area contributed by atoms with E-state index >= 15 is 0 Å². The van der Waals surface area contributed by atoms with Crippen molar-refractivity contribution >= 4 is 22.7 Å². The van der Waals surface area contributed by atoms with E-state index in [1.807, 2.05) is 60.8 Å². The molecule has 4 aromatic rings. The number of rotatable bonds is 4. The molecule has 3 heterocycles. The van der Waals surface area contributed by atoms with Gasteiger partial charge in [-0.05, 0) is 49.1 Å². The van der Waals surface area contributed by atoms with Crippen molar-refractivity contribution in [2.45, 2.75) is 25.4 Å². The predicted octanol–water partition coefficient (Wildman–Crippen LogP) is 6.13. The maximum atomic E-state index is 6.36. The number of para-hydroxylation sites is 1. The quantitative estimate of drug-likeness (QED) is 0.409. The van der Waals surface area contributed by atoms with Crippen molar-refractivity contribution in [3.63, 3.8) is 0 Å². The fraction of sp³-hybridized carbons (Fsp3) is 0.217. The smallest absolute Gasteiger partial charge is 0.127 e. The third kappa shape index (κ3) is 3.59. The van der Waals surface area contributed by atoms with Crippen LogP contribution in [-0.4, -0.2) is 20.9 Å². The summed E-state index contributed by atoms with van der Waals surface area (Å²) in [7, 11) is 0. The first-order chi connectivity index (χ1) is 14.3. The molecule has 0 saturated carbocycles. The minimum absolute atomic E-state index is 0.0342. The van der Waals surface area contributed by atoms with Gasteiger partial charge in [-0.15, -0.1) is 0 Å². The Labute approximate surface area is 174 Å². The summed E-state index contributed by atoms with van der Waals surface area (Å²) in [5.74, 6) is 1.59. The number of halogens is 1. The van der Waals surface area contributed by atoms with Gasteiger partial charge in [0.15, 0.2) is 0 Å². The topological polar surface area (TPSA) is 49.2 Å². The second kappa shape index (κ2) is 7.85. The van der Waals surface area contributed by atoms with Gasteiger partial charge in [-0.3, -0.25) is 4.98 Å². The molecule has 2 aromatic heterocycles. The van der Waals surface area contributed by atoms with Gasteiger partial charge in [0.25, 0.3) is 0 Å². The molecule has 5 rings (SSSR count). The highest BCUT2D eigenvalue weighted by atomic mass is 35.5. The molecule has 2 aromatic carbocycles. The van der Waals surface area contributed by atoms with Gasteiger partial charge in [-0.1, -0.05) is 30.3 Å². The van der Waals surface area contributed by atoms with E-state index in [9.17, 15) is 0 Å². The molecule has 1 aliphatic rings. The second-order valence-electron chi connectivity index (χ2n) is 7.12. The first kappa shape index (κ1) is 18.2. The summed E-state index contributed by atoms with van der Waals surface area (Å²) in [5, 5.41) is 5.56. The second-order valence-corrected chi connectivity index (χ2v) is 7.44. The molecule has 0 bridgehead atoms. The molecule has 1 aliphatic heterocycles. The largest absolute Gasteiger partial charge is 0.457 e. The Balaban J connectivity index is 1.53. The SMILES string of the molecule is Cln1nc(C2CCCCO2)c2c(-c3ccc(Oc4ccccc4)cc3)cncc21. The number of benzene rings is 2. The maximum Gasteiger partial charge on any atom is 0.127 e. The highest BCUT2D eigenvalue weighted by Crippen LogP contribution is 2.38. The van der Waals surface area contributed by atoms with Crippen LogP contribution in [0.2, 0.25) is 0 Å². The van der Waals surface area contributed by atoms with E-state index < -0.39 is 0 Å². The van der Waals surface area contributed by atoms with Crippen molar-refractivity contribution < 1.29 is 9.47 Å². The molecule has 5 nitrogen and oxygen atoms in total. The molecule has 6 heteroatoms. The number of aromatic nitrogens is 3. The van der Waals surface area contributed by atoms with E-state index in [4.69, 9.17) is 21.3 Å². The highest BCUT2D eigenvalue weighted by molar-refractivity contribution is 6.19.